The molecule has 2 atom stereocenters. The molecule has 7 heteroatoms. The van der Waals surface area contributed by atoms with Crippen LogP contribution in [0.1, 0.15) is 33.6 Å². The van der Waals surface area contributed by atoms with E-state index in [1.165, 1.54) is 12.8 Å². The highest BCUT2D eigenvalue weighted by molar-refractivity contribution is 14.0. The zero-order valence-corrected chi connectivity index (χ0v) is 19.0. The first kappa shape index (κ1) is 22.2. The molecule has 0 aliphatic carbocycles. The molecule has 0 amide bonds. The number of nitrogens with one attached hydrogen (secondary N) is 1. The van der Waals surface area contributed by atoms with Crippen LogP contribution in [0.4, 0.5) is 0 Å². The molecule has 3 heterocycles. The fourth-order valence-electron chi connectivity index (χ4n) is 4.35. The SMILES string of the molecule is CCNC(=NCC(C(C)C)N1CCOCC1)N1CCC2(CCOC2)C1.I. The quantitative estimate of drug-likeness (QED) is 0.371. The maximum Gasteiger partial charge on any atom is 0.193 e. The monoisotopic (exact) mass is 480 g/mol. The van der Waals surface area contributed by atoms with Gasteiger partial charge in [-0.3, -0.25) is 9.89 Å². The van der Waals surface area contributed by atoms with Gasteiger partial charge in [0.2, 0.25) is 0 Å². The van der Waals surface area contributed by atoms with Crippen molar-refractivity contribution < 1.29 is 9.47 Å². The Bertz CT molecular complexity index is 449. The number of nitrogens with zero attached hydrogens (tertiary/aromatic N) is 3. The summed E-state index contributed by atoms with van der Waals surface area (Å²) in [5, 5.41) is 3.52. The maximum absolute atomic E-state index is 5.67. The first-order valence-electron chi connectivity index (χ1n) is 10.1. The van der Waals surface area contributed by atoms with E-state index in [2.05, 4.69) is 35.9 Å². The average Bonchev–Trinajstić information content (AvgIpc) is 3.25. The molecule has 0 saturated carbocycles. The van der Waals surface area contributed by atoms with Crippen LogP contribution in [0.3, 0.4) is 0 Å². The van der Waals surface area contributed by atoms with Crippen LogP contribution in [0.15, 0.2) is 4.99 Å². The second kappa shape index (κ2) is 10.4. The minimum absolute atomic E-state index is 0. The van der Waals surface area contributed by atoms with Crippen LogP contribution in [0.25, 0.3) is 0 Å². The molecule has 0 aromatic rings. The van der Waals surface area contributed by atoms with Crippen molar-refractivity contribution in [3.8, 4) is 0 Å². The van der Waals surface area contributed by atoms with Crippen molar-refractivity contribution in [2.45, 2.75) is 39.7 Å². The Morgan fingerprint density at radius 1 is 1.12 bits per heavy atom. The van der Waals surface area contributed by atoms with Crippen LogP contribution in [-0.2, 0) is 9.47 Å². The molecule has 0 bridgehead atoms. The molecular formula is C19H37IN4O2. The van der Waals surface area contributed by atoms with Gasteiger partial charge in [0.15, 0.2) is 5.96 Å². The standard InChI is InChI=1S/C19H36N4O2.HI/c1-4-20-18(23-7-5-19(14-23)6-10-25-15-19)21-13-17(16(2)3)22-8-11-24-12-9-22;/h16-17H,4-15H2,1-3H3,(H,20,21);1H. The van der Waals surface area contributed by atoms with Gasteiger partial charge in [-0.25, -0.2) is 0 Å². The van der Waals surface area contributed by atoms with Crippen LogP contribution in [0.5, 0.6) is 0 Å². The molecular weight excluding hydrogens is 443 g/mol. The van der Waals surface area contributed by atoms with Crippen LogP contribution in [0, 0.1) is 11.3 Å². The number of halogens is 1. The summed E-state index contributed by atoms with van der Waals surface area (Å²) in [5.74, 6) is 1.68. The maximum atomic E-state index is 5.67. The van der Waals surface area contributed by atoms with Gasteiger partial charge in [0.05, 0.1) is 26.4 Å². The van der Waals surface area contributed by atoms with Gasteiger partial charge >= 0.3 is 0 Å². The Balaban J connectivity index is 0.00000243. The van der Waals surface area contributed by atoms with Crippen LogP contribution >= 0.6 is 24.0 Å². The lowest BCUT2D eigenvalue weighted by Crippen LogP contribution is -2.48. The van der Waals surface area contributed by atoms with Crippen molar-refractivity contribution in [2.75, 3.05) is 65.7 Å². The second-order valence-corrected chi connectivity index (χ2v) is 8.13. The molecule has 3 fully saturated rings. The van der Waals surface area contributed by atoms with Crippen molar-refractivity contribution in [2.24, 2.45) is 16.3 Å². The van der Waals surface area contributed by atoms with Gasteiger partial charge in [-0.05, 0) is 25.7 Å². The van der Waals surface area contributed by atoms with Gasteiger partial charge in [0.1, 0.15) is 0 Å². The number of ether oxygens (including phenoxy) is 2. The zero-order valence-electron chi connectivity index (χ0n) is 16.7. The molecule has 1 N–H and O–H groups in total. The Labute approximate surface area is 176 Å². The largest absolute Gasteiger partial charge is 0.381 e. The molecule has 3 aliphatic rings. The van der Waals surface area contributed by atoms with E-state index in [1.54, 1.807) is 0 Å². The summed E-state index contributed by atoms with van der Waals surface area (Å²) < 4.78 is 11.2. The molecule has 2 unspecified atom stereocenters. The van der Waals surface area contributed by atoms with Crippen LogP contribution in [-0.4, -0.2) is 87.5 Å². The molecule has 6 nitrogen and oxygen atoms in total. The summed E-state index contributed by atoms with van der Waals surface area (Å²) in [4.78, 5) is 10.1. The van der Waals surface area contributed by atoms with Gasteiger partial charge in [-0.2, -0.15) is 0 Å². The van der Waals surface area contributed by atoms with Crippen LogP contribution in [0.2, 0.25) is 0 Å². The predicted molar refractivity (Wildman–Crippen MR) is 116 cm³/mol. The van der Waals surface area contributed by atoms with Crippen molar-refractivity contribution in [3.63, 3.8) is 0 Å². The highest BCUT2D eigenvalue weighted by atomic mass is 127. The van der Waals surface area contributed by atoms with Gasteiger partial charge in [-0.15, -0.1) is 24.0 Å². The van der Waals surface area contributed by atoms with E-state index in [4.69, 9.17) is 14.5 Å². The van der Waals surface area contributed by atoms with Gasteiger partial charge in [0, 0.05) is 50.8 Å². The number of hydrogen-bond acceptors (Lipinski definition) is 4. The van der Waals surface area contributed by atoms with E-state index >= 15 is 0 Å². The molecule has 3 rings (SSSR count). The Morgan fingerprint density at radius 3 is 2.50 bits per heavy atom. The molecule has 26 heavy (non-hydrogen) atoms. The molecule has 0 aromatic carbocycles. The third-order valence-electron chi connectivity index (χ3n) is 5.97. The first-order valence-corrected chi connectivity index (χ1v) is 10.1. The highest BCUT2D eigenvalue weighted by Crippen LogP contribution is 2.38. The summed E-state index contributed by atoms with van der Waals surface area (Å²) >= 11 is 0. The third-order valence-corrected chi connectivity index (χ3v) is 5.97. The van der Waals surface area contributed by atoms with E-state index in [1.807, 2.05) is 0 Å². The van der Waals surface area contributed by atoms with Gasteiger partial charge in [-0.1, -0.05) is 13.8 Å². The first-order chi connectivity index (χ1) is 12.1. The van der Waals surface area contributed by atoms with Gasteiger partial charge < -0.3 is 19.7 Å². The van der Waals surface area contributed by atoms with E-state index in [9.17, 15) is 0 Å². The lowest BCUT2D eigenvalue weighted by molar-refractivity contribution is 0.00863. The number of aliphatic imine (C=N–C) groups is 1. The van der Waals surface area contributed by atoms with Crippen molar-refractivity contribution in [1.82, 2.24) is 15.1 Å². The van der Waals surface area contributed by atoms with Crippen molar-refractivity contribution in [1.29, 1.82) is 0 Å². The topological polar surface area (TPSA) is 49.3 Å². The summed E-state index contributed by atoms with van der Waals surface area (Å²) in [7, 11) is 0. The smallest absolute Gasteiger partial charge is 0.193 e. The molecule has 152 valence electrons. The number of rotatable bonds is 5. The minimum Gasteiger partial charge on any atom is -0.381 e. The zero-order chi connectivity index (χ0) is 17.7. The Hall–Kier alpha value is -0.120. The fraction of sp³-hybridized carbons (Fsp3) is 0.947. The number of morpholine rings is 1. The van der Waals surface area contributed by atoms with E-state index in [-0.39, 0.29) is 24.0 Å². The second-order valence-electron chi connectivity index (χ2n) is 8.13. The van der Waals surface area contributed by atoms with Crippen molar-refractivity contribution in [3.05, 3.63) is 0 Å². The average molecular weight is 480 g/mol. The Morgan fingerprint density at radius 2 is 1.88 bits per heavy atom. The summed E-state index contributed by atoms with van der Waals surface area (Å²) in [6, 6.07) is 0.490. The van der Waals surface area contributed by atoms with Gasteiger partial charge in [0.25, 0.3) is 0 Å². The van der Waals surface area contributed by atoms with E-state index in [0.29, 0.717) is 17.4 Å². The fourth-order valence-corrected chi connectivity index (χ4v) is 4.35. The normalized spacial score (nSPS) is 28.6. The minimum atomic E-state index is 0. The summed E-state index contributed by atoms with van der Waals surface area (Å²) in [6.07, 6.45) is 2.43. The van der Waals surface area contributed by atoms with Crippen molar-refractivity contribution >= 4 is 29.9 Å². The predicted octanol–water partition coefficient (Wildman–Crippen LogP) is 2.04. The summed E-state index contributed by atoms with van der Waals surface area (Å²) in [6.45, 7) is 16.3. The number of guanidine groups is 1. The summed E-state index contributed by atoms with van der Waals surface area (Å²) in [5.41, 5.74) is 0.373. The lowest BCUT2D eigenvalue weighted by Gasteiger charge is -2.36. The van der Waals surface area contributed by atoms with E-state index in [0.717, 1.165) is 71.7 Å². The van der Waals surface area contributed by atoms with Crippen LogP contribution < -0.4 is 5.32 Å². The molecule has 0 aromatic heterocycles. The third kappa shape index (κ3) is 5.45. The number of likely N-dealkylation sites (tertiary alicyclic amines) is 1. The lowest BCUT2D eigenvalue weighted by atomic mass is 9.87. The number of hydrogen-bond donors (Lipinski definition) is 1. The molecule has 1 spiro atoms. The Kier molecular flexibility index (Phi) is 8.90. The van der Waals surface area contributed by atoms with E-state index < -0.39 is 0 Å². The molecule has 0 radical (unpaired) electrons. The molecule has 3 saturated heterocycles. The highest BCUT2D eigenvalue weighted by Gasteiger charge is 2.42. The molecule has 3 aliphatic heterocycles.